The summed E-state index contributed by atoms with van der Waals surface area (Å²) >= 11 is 0. The summed E-state index contributed by atoms with van der Waals surface area (Å²) in [4.78, 5) is 3.03. The van der Waals surface area contributed by atoms with Crippen LogP contribution in [0.5, 0.6) is 0 Å². The molecule has 2 nitrogen and oxygen atoms in total. The number of nitrogens with two attached hydrogens (primary N) is 1. The molecule has 84 valence electrons. The lowest BCUT2D eigenvalue weighted by Gasteiger charge is -2.23. The summed E-state index contributed by atoms with van der Waals surface area (Å²) in [6, 6.07) is 2.06. The van der Waals surface area contributed by atoms with Crippen molar-refractivity contribution in [1.82, 2.24) is 4.98 Å². The van der Waals surface area contributed by atoms with Gasteiger partial charge in [-0.25, -0.2) is 0 Å². The zero-order valence-electron chi connectivity index (χ0n) is 10.2. The van der Waals surface area contributed by atoms with Gasteiger partial charge in [-0.15, -0.1) is 0 Å². The Morgan fingerprint density at radius 1 is 1.47 bits per heavy atom. The molecule has 1 aromatic heterocycles. The van der Waals surface area contributed by atoms with Crippen LogP contribution in [0.4, 0.5) is 5.82 Å². The highest BCUT2D eigenvalue weighted by atomic mass is 14.8. The van der Waals surface area contributed by atoms with Gasteiger partial charge in [0.05, 0.1) is 0 Å². The van der Waals surface area contributed by atoms with Gasteiger partial charge in [0.1, 0.15) is 5.82 Å². The molecule has 0 aromatic carbocycles. The molecule has 3 N–H and O–H groups in total. The highest BCUT2D eigenvalue weighted by molar-refractivity contribution is 5.76. The number of aromatic nitrogens is 1. The van der Waals surface area contributed by atoms with E-state index in [1.54, 1.807) is 0 Å². The molecular weight excluding hydrogens is 184 g/mol. The first-order valence-corrected chi connectivity index (χ1v) is 5.60. The van der Waals surface area contributed by atoms with E-state index in [0.717, 1.165) is 17.8 Å². The number of rotatable bonds is 3. The fourth-order valence-electron chi connectivity index (χ4n) is 1.73. The highest BCUT2D eigenvalue weighted by Crippen LogP contribution is 2.36. The topological polar surface area (TPSA) is 41.8 Å². The molecule has 0 aliphatic heterocycles. The van der Waals surface area contributed by atoms with E-state index < -0.39 is 0 Å². The van der Waals surface area contributed by atoms with Crippen LogP contribution in [0.1, 0.15) is 46.1 Å². The first-order chi connectivity index (χ1) is 6.96. The van der Waals surface area contributed by atoms with Crippen LogP contribution in [0.25, 0.3) is 5.57 Å². The summed E-state index contributed by atoms with van der Waals surface area (Å²) in [5, 5.41) is 0. The fraction of sp³-hybridized carbons (Fsp3) is 0.538. The van der Waals surface area contributed by atoms with Crippen molar-refractivity contribution >= 4 is 11.4 Å². The zero-order chi connectivity index (χ0) is 11.5. The second-order valence-corrected chi connectivity index (χ2v) is 4.96. The molecule has 1 rings (SSSR count). The summed E-state index contributed by atoms with van der Waals surface area (Å²) in [6.07, 6.45) is 6.48. The minimum absolute atomic E-state index is 0.144. The third-order valence-corrected chi connectivity index (χ3v) is 2.51. The molecule has 15 heavy (non-hydrogen) atoms. The number of hydrogen-bond acceptors (Lipinski definition) is 1. The van der Waals surface area contributed by atoms with E-state index in [0.29, 0.717) is 0 Å². The lowest BCUT2D eigenvalue weighted by atomic mass is 9.82. The Bertz CT molecular complexity index is 340. The van der Waals surface area contributed by atoms with Crippen molar-refractivity contribution in [2.75, 3.05) is 5.73 Å². The van der Waals surface area contributed by atoms with Gasteiger partial charge in [0.15, 0.2) is 0 Å². The molecule has 1 aromatic rings. The van der Waals surface area contributed by atoms with Gasteiger partial charge in [-0.1, -0.05) is 40.2 Å². The van der Waals surface area contributed by atoms with Gasteiger partial charge in [0, 0.05) is 11.8 Å². The van der Waals surface area contributed by atoms with Crippen molar-refractivity contribution in [3.05, 3.63) is 23.9 Å². The number of hydrogen-bond donors (Lipinski definition) is 2. The Morgan fingerprint density at radius 3 is 2.53 bits per heavy atom. The van der Waals surface area contributed by atoms with Crippen LogP contribution in [0, 0.1) is 5.41 Å². The monoisotopic (exact) mass is 206 g/mol. The number of unbranched alkanes of at least 4 members (excludes halogenated alkanes) is 1. The van der Waals surface area contributed by atoms with Crippen molar-refractivity contribution < 1.29 is 0 Å². The third-order valence-electron chi connectivity index (χ3n) is 2.51. The number of H-pyrrole nitrogens is 1. The van der Waals surface area contributed by atoms with Crippen molar-refractivity contribution in [2.45, 2.75) is 40.5 Å². The quantitative estimate of drug-likeness (QED) is 0.775. The molecule has 0 saturated heterocycles. The van der Waals surface area contributed by atoms with Gasteiger partial charge >= 0.3 is 0 Å². The molecule has 0 fully saturated rings. The molecule has 0 spiro atoms. The SMILES string of the molecule is CCC/C=C(\c1cc[nH]c1N)C(C)(C)C. The second kappa shape index (κ2) is 4.56. The van der Waals surface area contributed by atoms with E-state index in [4.69, 9.17) is 5.73 Å². The Morgan fingerprint density at radius 2 is 2.13 bits per heavy atom. The molecule has 0 bridgehead atoms. The van der Waals surface area contributed by atoms with Gasteiger partial charge < -0.3 is 10.7 Å². The molecule has 2 heteroatoms. The number of allylic oxidation sites excluding steroid dienone is 2. The molecule has 0 aliphatic rings. The third kappa shape index (κ3) is 2.88. The number of anilines is 1. The minimum Gasteiger partial charge on any atom is -0.385 e. The fourth-order valence-corrected chi connectivity index (χ4v) is 1.73. The van der Waals surface area contributed by atoms with Gasteiger partial charge in [-0.3, -0.25) is 0 Å². The van der Waals surface area contributed by atoms with E-state index in [1.165, 1.54) is 12.0 Å². The first kappa shape index (κ1) is 11.9. The molecular formula is C13H22N2. The number of aromatic amines is 1. The van der Waals surface area contributed by atoms with E-state index in [1.807, 2.05) is 6.20 Å². The van der Waals surface area contributed by atoms with Crippen LogP contribution in [0.2, 0.25) is 0 Å². The van der Waals surface area contributed by atoms with Crippen LogP contribution in [-0.4, -0.2) is 4.98 Å². The predicted molar refractivity (Wildman–Crippen MR) is 67.5 cm³/mol. The van der Waals surface area contributed by atoms with Crippen molar-refractivity contribution in [3.8, 4) is 0 Å². The second-order valence-electron chi connectivity index (χ2n) is 4.96. The molecule has 0 radical (unpaired) electrons. The Kier molecular flexibility index (Phi) is 3.61. The van der Waals surface area contributed by atoms with Gasteiger partial charge in [-0.05, 0) is 23.5 Å². The van der Waals surface area contributed by atoms with Crippen LogP contribution < -0.4 is 5.73 Å². The summed E-state index contributed by atoms with van der Waals surface area (Å²) in [7, 11) is 0. The standard InChI is InChI=1S/C13H22N2/c1-5-6-7-11(13(2,3)4)10-8-9-15-12(10)14/h7-9,15H,5-6,14H2,1-4H3/b11-7+. The molecule has 0 unspecified atom stereocenters. The smallest absolute Gasteiger partial charge is 0.108 e. The van der Waals surface area contributed by atoms with Gasteiger partial charge in [0.2, 0.25) is 0 Å². The van der Waals surface area contributed by atoms with E-state index in [2.05, 4.69) is 44.8 Å². The van der Waals surface area contributed by atoms with Crippen molar-refractivity contribution in [2.24, 2.45) is 5.41 Å². The number of nitrogens with one attached hydrogen (secondary N) is 1. The Labute approximate surface area is 92.6 Å². The van der Waals surface area contributed by atoms with Crippen molar-refractivity contribution in [1.29, 1.82) is 0 Å². The largest absolute Gasteiger partial charge is 0.385 e. The van der Waals surface area contributed by atoms with Gasteiger partial charge in [0.25, 0.3) is 0 Å². The minimum atomic E-state index is 0.144. The summed E-state index contributed by atoms with van der Waals surface area (Å²) < 4.78 is 0. The summed E-state index contributed by atoms with van der Waals surface area (Å²) in [5.74, 6) is 0.771. The average molecular weight is 206 g/mol. The van der Waals surface area contributed by atoms with Crippen LogP contribution >= 0.6 is 0 Å². The predicted octanol–water partition coefficient (Wildman–Crippen LogP) is 3.83. The maximum atomic E-state index is 5.91. The van der Waals surface area contributed by atoms with Crippen LogP contribution in [0.3, 0.4) is 0 Å². The maximum absolute atomic E-state index is 5.91. The Balaban J connectivity index is 3.08. The van der Waals surface area contributed by atoms with E-state index in [-0.39, 0.29) is 5.41 Å². The highest BCUT2D eigenvalue weighted by Gasteiger charge is 2.20. The van der Waals surface area contributed by atoms with E-state index >= 15 is 0 Å². The summed E-state index contributed by atoms with van der Waals surface area (Å²) in [6.45, 7) is 8.86. The Hall–Kier alpha value is -1.18. The molecule has 0 amide bonds. The normalized spacial score (nSPS) is 13.2. The van der Waals surface area contributed by atoms with Crippen LogP contribution in [-0.2, 0) is 0 Å². The number of nitrogen functional groups attached to an aromatic ring is 1. The first-order valence-electron chi connectivity index (χ1n) is 5.60. The molecule has 0 aliphatic carbocycles. The lowest BCUT2D eigenvalue weighted by molar-refractivity contribution is 0.565. The maximum Gasteiger partial charge on any atom is 0.108 e. The lowest BCUT2D eigenvalue weighted by Crippen LogP contribution is -2.09. The summed E-state index contributed by atoms with van der Waals surface area (Å²) in [5.41, 5.74) is 8.54. The van der Waals surface area contributed by atoms with Crippen molar-refractivity contribution in [3.63, 3.8) is 0 Å². The molecule has 0 atom stereocenters. The zero-order valence-corrected chi connectivity index (χ0v) is 10.2. The van der Waals surface area contributed by atoms with Crippen LogP contribution in [0.15, 0.2) is 18.3 Å². The average Bonchev–Trinajstić information content (AvgIpc) is 2.51. The van der Waals surface area contributed by atoms with Gasteiger partial charge in [-0.2, -0.15) is 0 Å². The molecule has 1 heterocycles. The molecule has 0 saturated carbocycles. The van der Waals surface area contributed by atoms with E-state index in [9.17, 15) is 0 Å².